The summed E-state index contributed by atoms with van der Waals surface area (Å²) in [6.45, 7) is 3.63. The standard InChI is InChI=1S/C10H15N3O3S/c1-5(9(15)16)3-4-12-8(14)7-6(2)13-10(11)17-7/h5H,3-4H2,1-2H3,(H2,11,13)(H,12,14)(H,15,16). The van der Waals surface area contributed by atoms with Gasteiger partial charge in [-0.15, -0.1) is 0 Å². The zero-order chi connectivity index (χ0) is 13.0. The van der Waals surface area contributed by atoms with E-state index in [1.807, 2.05) is 0 Å². The summed E-state index contributed by atoms with van der Waals surface area (Å²) in [6.07, 6.45) is 0.397. The summed E-state index contributed by atoms with van der Waals surface area (Å²) < 4.78 is 0. The van der Waals surface area contributed by atoms with Gasteiger partial charge in [0.15, 0.2) is 5.13 Å². The topological polar surface area (TPSA) is 105 Å². The van der Waals surface area contributed by atoms with E-state index in [9.17, 15) is 9.59 Å². The number of aryl methyl sites for hydroxylation is 1. The first-order valence-electron chi connectivity index (χ1n) is 5.15. The molecule has 0 bridgehead atoms. The third-order valence-electron chi connectivity index (χ3n) is 2.30. The maximum absolute atomic E-state index is 11.7. The average molecular weight is 257 g/mol. The molecular weight excluding hydrogens is 242 g/mol. The molecule has 1 unspecified atom stereocenters. The van der Waals surface area contributed by atoms with Crippen molar-refractivity contribution in [3.05, 3.63) is 10.6 Å². The van der Waals surface area contributed by atoms with E-state index in [0.717, 1.165) is 11.3 Å². The molecule has 6 nitrogen and oxygen atoms in total. The van der Waals surface area contributed by atoms with E-state index < -0.39 is 11.9 Å². The van der Waals surface area contributed by atoms with Gasteiger partial charge in [0.25, 0.3) is 5.91 Å². The molecule has 0 saturated carbocycles. The van der Waals surface area contributed by atoms with Crippen molar-refractivity contribution in [1.82, 2.24) is 10.3 Å². The molecule has 1 atom stereocenters. The van der Waals surface area contributed by atoms with Crippen molar-refractivity contribution in [2.45, 2.75) is 20.3 Å². The van der Waals surface area contributed by atoms with Crippen molar-refractivity contribution < 1.29 is 14.7 Å². The Morgan fingerprint density at radius 1 is 1.59 bits per heavy atom. The lowest BCUT2D eigenvalue weighted by Crippen LogP contribution is -2.26. The summed E-state index contributed by atoms with van der Waals surface area (Å²) >= 11 is 1.13. The number of nitrogens with two attached hydrogens (primary N) is 1. The molecule has 1 aromatic rings. The molecule has 0 radical (unpaired) electrons. The van der Waals surface area contributed by atoms with Crippen LogP contribution < -0.4 is 11.1 Å². The number of nitrogens with one attached hydrogen (secondary N) is 1. The van der Waals surface area contributed by atoms with Crippen LogP contribution in [0.3, 0.4) is 0 Å². The Balaban J connectivity index is 2.45. The maximum Gasteiger partial charge on any atom is 0.306 e. The van der Waals surface area contributed by atoms with E-state index in [2.05, 4.69) is 10.3 Å². The highest BCUT2D eigenvalue weighted by Gasteiger charge is 2.15. The molecule has 0 spiro atoms. The molecule has 1 amide bonds. The molecule has 0 aliphatic rings. The van der Waals surface area contributed by atoms with Gasteiger partial charge in [0.05, 0.1) is 11.6 Å². The first-order valence-corrected chi connectivity index (χ1v) is 5.97. The van der Waals surface area contributed by atoms with Crippen molar-refractivity contribution in [1.29, 1.82) is 0 Å². The normalized spacial score (nSPS) is 12.1. The molecule has 0 fully saturated rings. The molecule has 7 heteroatoms. The summed E-state index contributed by atoms with van der Waals surface area (Å²) in [4.78, 5) is 26.7. The third-order valence-corrected chi connectivity index (χ3v) is 3.29. The summed E-state index contributed by atoms with van der Waals surface area (Å²) in [5.41, 5.74) is 6.08. The van der Waals surface area contributed by atoms with Gasteiger partial charge in [0.2, 0.25) is 0 Å². The van der Waals surface area contributed by atoms with Crippen LogP contribution in [0, 0.1) is 12.8 Å². The molecule has 17 heavy (non-hydrogen) atoms. The number of carboxylic acid groups (broad SMARTS) is 1. The molecule has 94 valence electrons. The summed E-state index contributed by atoms with van der Waals surface area (Å²) in [5.74, 6) is -1.59. The maximum atomic E-state index is 11.7. The Labute approximate surface area is 103 Å². The van der Waals surface area contributed by atoms with Crippen LogP contribution in [0.15, 0.2) is 0 Å². The number of aromatic nitrogens is 1. The average Bonchev–Trinajstić information content (AvgIpc) is 2.57. The zero-order valence-corrected chi connectivity index (χ0v) is 10.5. The molecule has 4 N–H and O–H groups in total. The van der Waals surface area contributed by atoms with Crippen molar-refractivity contribution in [3.63, 3.8) is 0 Å². The zero-order valence-electron chi connectivity index (χ0n) is 9.69. The van der Waals surface area contributed by atoms with Gasteiger partial charge < -0.3 is 16.2 Å². The summed E-state index contributed by atoms with van der Waals surface area (Å²) in [7, 11) is 0. The highest BCUT2D eigenvalue weighted by Crippen LogP contribution is 2.19. The first-order chi connectivity index (χ1) is 7.91. The Morgan fingerprint density at radius 2 is 2.24 bits per heavy atom. The van der Waals surface area contributed by atoms with E-state index in [1.54, 1.807) is 13.8 Å². The Bertz CT molecular complexity index is 430. The second-order valence-corrected chi connectivity index (χ2v) is 4.78. The van der Waals surface area contributed by atoms with Crippen LogP contribution in [0.5, 0.6) is 0 Å². The van der Waals surface area contributed by atoms with Gasteiger partial charge in [-0.25, -0.2) is 4.98 Å². The van der Waals surface area contributed by atoms with Gasteiger partial charge in [-0.2, -0.15) is 0 Å². The minimum Gasteiger partial charge on any atom is -0.481 e. The highest BCUT2D eigenvalue weighted by molar-refractivity contribution is 7.17. The number of carbonyl (C=O) groups excluding carboxylic acids is 1. The number of anilines is 1. The van der Waals surface area contributed by atoms with E-state index in [0.29, 0.717) is 28.7 Å². The first kappa shape index (κ1) is 13.4. The quantitative estimate of drug-likeness (QED) is 0.726. The molecule has 1 rings (SSSR count). The predicted molar refractivity (Wildman–Crippen MR) is 65.0 cm³/mol. The van der Waals surface area contributed by atoms with Crippen molar-refractivity contribution in [2.75, 3.05) is 12.3 Å². The van der Waals surface area contributed by atoms with Crippen LogP contribution >= 0.6 is 11.3 Å². The third kappa shape index (κ3) is 3.70. The van der Waals surface area contributed by atoms with Crippen molar-refractivity contribution in [2.24, 2.45) is 5.92 Å². The number of nitrogen functional groups attached to an aromatic ring is 1. The Hall–Kier alpha value is -1.63. The lowest BCUT2D eigenvalue weighted by Gasteiger charge is -2.06. The van der Waals surface area contributed by atoms with Crippen LogP contribution in [0.2, 0.25) is 0 Å². The molecule has 0 aliphatic heterocycles. The fourth-order valence-electron chi connectivity index (χ4n) is 1.23. The number of hydrogen-bond donors (Lipinski definition) is 3. The van der Waals surface area contributed by atoms with Gasteiger partial charge in [0, 0.05) is 6.54 Å². The lowest BCUT2D eigenvalue weighted by molar-refractivity contribution is -0.141. The molecule has 1 aromatic heterocycles. The predicted octanol–water partition coefficient (Wildman–Crippen LogP) is 0.874. The smallest absolute Gasteiger partial charge is 0.306 e. The molecule has 0 saturated heterocycles. The van der Waals surface area contributed by atoms with E-state index in [4.69, 9.17) is 10.8 Å². The van der Waals surface area contributed by atoms with E-state index >= 15 is 0 Å². The van der Waals surface area contributed by atoms with Gasteiger partial charge in [0.1, 0.15) is 4.88 Å². The Morgan fingerprint density at radius 3 is 2.71 bits per heavy atom. The monoisotopic (exact) mass is 257 g/mol. The number of carboxylic acids is 1. The molecule has 0 aliphatic carbocycles. The number of thiazole rings is 1. The van der Waals surface area contributed by atoms with Crippen LogP contribution in [-0.4, -0.2) is 28.5 Å². The summed E-state index contributed by atoms with van der Waals surface area (Å²) in [5, 5.41) is 11.7. The highest BCUT2D eigenvalue weighted by atomic mass is 32.1. The molecule has 1 heterocycles. The lowest BCUT2D eigenvalue weighted by atomic mass is 10.1. The second-order valence-electron chi connectivity index (χ2n) is 3.75. The molecular formula is C10H15N3O3S. The number of carbonyl (C=O) groups is 2. The van der Waals surface area contributed by atoms with Gasteiger partial charge in [-0.3, -0.25) is 9.59 Å². The number of aliphatic carboxylic acids is 1. The van der Waals surface area contributed by atoms with Gasteiger partial charge in [-0.1, -0.05) is 18.3 Å². The minimum absolute atomic E-state index is 0.255. The number of rotatable bonds is 5. The number of hydrogen-bond acceptors (Lipinski definition) is 5. The van der Waals surface area contributed by atoms with Crippen molar-refractivity contribution in [3.8, 4) is 0 Å². The van der Waals surface area contributed by atoms with E-state index in [1.165, 1.54) is 0 Å². The number of amides is 1. The fourth-order valence-corrected chi connectivity index (χ4v) is 1.98. The van der Waals surface area contributed by atoms with E-state index in [-0.39, 0.29) is 5.91 Å². The minimum atomic E-state index is -0.863. The Kier molecular flexibility index (Phi) is 4.45. The summed E-state index contributed by atoms with van der Waals surface area (Å²) in [6, 6.07) is 0. The van der Waals surface area contributed by atoms with Crippen LogP contribution in [0.4, 0.5) is 5.13 Å². The molecule has 0 aromatic carbocycles. The van der Waals surface area contributed by atoms with Gasteiger partial charge >= 0.3 is 5.97 Å². The van der Waals surface area contributed by atoms with Gasteiger partial charge in [-0.05, 0) is 13.3 Å². The van der Waals surface area contributed by atoms with Crippen molar-refractivity contribution >= 4 is 28.3 Å². The number of nitrogens with zero attached hydrogens (tertiary/aromatic N) is 1. The van der Waals surface area contributed by atoms with Crippen LogP contribution in [0.25, 0.3) is 0 Å². The van der Waals surface area contributed by atoms with Crippen LogP contribution in [-0.2, 0) is 4.79 Å². The second kappa shape index (κ2) is 5.62. The largest absolute Gasteiger partial charge is 0.481 e. The SMILES string of the molecule is Cc1nc(N)sc1C(=O)NCCC(C)C(=O)O. The fraction of sp³-hybridized carbons (Fsp3) is 0.500. The van der Waals surface area contributed by atoms with Crippen LogP contribution in [0.1, 0.15) is 28.7 Å².